The second-order valence-corrected chi connectivity index (χ2v) is 2.98. The molecule has 0 amide bonds. The number of allylic oxidation sites excluding steroid dienone is 3. The van der Waals surface area contributed by atoms with Crippen molar-refractivity contribution in [2.24, 2.45) is 17.8 Å². The van der Waals surface area contributed by atoms with Crippen LogP contribution in [-0.2, 0) is 0 Å². The summed E-state index contributed by atoms with van der Waals surface area (Å²) in [5.74, 6) is 2.47. The summed E-state index contributed by atoms with van der Waals surface area (Å²) in [5.41, 5.74) is 0. The molecule has 0 aromatic heterocycles. The van der Waals surface area contributed by atoms with Crippen LogP contribution in [0.4, 0.5) is 0 Å². The van der Waals surface area contributed by atoms with E-state index in [0.29, 0.717) is 5.92 Å². The lowest BCUT2D eigenvalue weighted by Crippen LogP contribution is -1.83. The molecule has 0 heteroatoms. The zero-order valence-corrected chi connectivity index (χ0v) is 5.51. The van der Waals surface area contributed by atoms with Crippen LogP contribution < -0.4 is 0 Å². The summed E-state index contributed by atoms with van der Waals surface area (Å²) in [6.07, 6.45) is 10.3. The van der Waals surface area contributed by atoms with E-state index in [4.69, 9.17) is 0 Å². The highest BCUT2D eigenvalue weighted by Gasteiger charge is 2.46. The van der Waals surface area contributed by atoms with Gasteiger partial charge in [-0.2, -0.15) is 0 Å². The highest BCUT2D eigenvalue weighted by molar-refractivity contribution is 5.15. The molecule has 1 radical (unpaired) electrons. The number of hydrogen-bond donors (Lipinski definition) is 0. The fourth-order valence-electron chi connectivity index (χ4n) is 1.86. The molecule has 3 unspecified atom stereocenters. The van der Waals surface area contributed by atoms with Gasteiger partial charge in [0, 0.05) is 0 Å². The first-order valence-electron chi connectivity index (χ1n) is 3.63. The first-order valence-corrected chi connectivity index (χ1v) is 3.63. The topological polar surface area (TPSA) is 0 Å². The zero-order valence-electron chi connectivity index (χ0n) is 5.51. The minimum absolute atomic E-state index is 0.712. The van der Waals surface area contributed by atoms with Crippen molar-refractivity contribution in [1.29, 1.82) is 0 Å². The molecule has 0 spiro atoms. The molecule has 0 heterocycles. The molecule has 0 saturated heterocycles. The van der Waals surface area contributed by atoms with Crippen molar-refractivity contribution in [3.63, 3.8) is 0 Å². The van der Waals surface area contributed by atoms with Gasteiger partial charge < -0.3 is 0 Å². The molecule has 47 valence electrons. The molecule has 0 aliphatic heterocycles. The smallest absolute Gasteiger partial charge is 0.00651 e. The molecule has 2 aliphatic rings. The van der Waals surface area contributed by atoms with Crippen LogP contribution in [0.2, 0.25) is 0 Å². The quantitative estimate of drug-likeness (QED) is 0.464. The minimum atomic E-state index is 0.712. The maximum Gasteiger partial charge on any atom is -0.00651 e. The molecule has 1 saturated carbocycles. The molecule has 0 bridgehead atoms. The maximum absolute atomic E-state index is 3.69. The third-order valence-corrected chi connectivity index (χ3v) is 2.49. The Morgan fingerprint density at radius 2 is 2.44 bits per heavy atom. The fourth-order valence-corrected chi connectivity index (χ4v) is 1.86. The van der Waals surface area contributed by atoms with E-state index in [1.54, 1.807) is 0 Å². The average Bonchev–Trinajstić information content (AvgIpc) is 2.60. The van der Waals surface area contributed by atoms with Crippen molar-refractivity contribution >= 4 is 0 Å². The van der Waals surface area contributed by atoms with Crippen LogP contribution in [0.1, 0.15) is 12.8 Å². The summed E-state index contributed by atoms with van der Waals surface area (Å²) in [5, 5.41) is 0. The van der Waals surface area contributed by atoms with Gasteiger partial charge in [0.25, 0.3) is 0 Å². The first kappa shape index (κ1) is 5.28. The molecular formula is C9H11. The van der Waals surface area contributed by atoms with Crippen molar-refractivity contribution < 1.29 is 0 Å². The van der Waals surface area contributed by atoms with Crippen molar-refractivity contribution in [3.8, 4) is 0 Å². The minimum Gasteiger partial charge on any atom is -0.0953 e. The van der Waals surface area contributed by atoms with Gasteiger partial charge in [0.15, 0.2) is 0 Å². The van der Waals surface area contributed by atoms with E-state index in [1.165, 1.54) is 12.8 Å². The van der Waals surface area contributed by atoms with Gasteiger partial charge in [0.05, 0.1) is 0 Å². The van der Waals surface area contributed by atoms with Gasteiger partial charge in [0.1, 0.15) is 0 Å². The molecule has 0 N–H and O–H groups in total. The van der Waals surface area contributed by atoms with Gasteiger partial charge in [-0.15, -0.1) is 0 Å². The molecule has 0 aromatic carbocycles. The normalized spacial score (nSPS) is 46.0. The maximum atomic E-state index is 3.69. The molecule has 0 nitrogen and oxygen atoms in total. The largest absolute Gasteiger partial charge is 0.0953 e. The molecule has 3 atom stereocenters. The van der Waals surface area contributed by atoms with Crippen molar-refractivity contribution in [2.75, 3.05) is 0 Å². The summed E-state index contributed by atoms with van der Waals surface area (Å²) in [7, 11) is 0. The van der Waals surface area contributed by atoms with Crippen LogP contribution in [0, 0.1) is 23.8 Å². The number of hydrogen-bond acceptors (Lipinski definition) is 0. The second kappa shape index (κ2) is 1.73. The molecular weight excluding hydrogens is 108 g/mol. The Balaban J connectivity index is 2.09. The Bertz CT molecular complexity index is 155. The van der Waals surface area contributed by atoms with Crippen LogP contribution >= 0.6 is 0 Å². The molecule has 2 aliphatic carbocycles. The van der Waals surface area contributed by atoms with Gasteiger partial charge in [-0.3, -0.25) is 0 Å². The van der Waals surface area contributed by atoms with Crippen LogP contribution in [0.15, 0.2) is 18.7 Å². The van der Waals surface area contributed by atoms with E-state index in [9.17, 15) is 0 Å². The van der Waals surface area contributed by atoms with E-state index in [1.807, 2.05) is 0 Å². The summed E-state index contributed by atoms with van der Waals surface area (Å²) >= 11 is 0. The molecule has 2 rings (SSSR count). The van der Waals surface area contributed by atoms with E-state index < -0.39 is 0 Å². The Kier molecular flexibility index (Phi) is 1.01. The lowest BCUT2D eigenvalue weighted by atomic mass is 10.1. The van der Waals surface area contributed by atoms with Crippen molar-refractivity contribution in [3.05, 3.63) is 24.8 Å². The third kappa shape index (κ3) is 0.658. The first-order chi connectivity index (χ1) is 4.43. The van der Waals surface area contributed by atoms with Gasteiger partial charge in [-0.1, -0.05) is 18.7 Å². The molecule has 9 heavy (non-hydrogen) atoms. The summed E-state index contributed by atoms with van der Waals surface area (Å²) in [6.45, 7) is 3.69. The van der Waals surface area contributed by atoms with Gasteiger partial charge in [-0.05, 0) is 36.7 Å². The van der Waals surface area contributed by atoms with E-state index >= 15 is 0 Å². The predicted octanol–water partition coefficient (Wildman–Crippen LogP) is 2.19. The SMILES string of the molecule is C=[C]C1C2C=CCCC12. The lowest BCUT2D eigenvalue weighted by molar-refractivity contribution is 0.669. The van der Waals surface area contributed by atoms with Crippen molar-refractivity contribution in [1.82, 2.24) is 0 Å². The number of rotatable bonds is 1. The lowest BCUT2D eigenvalue weighted by Gasteiger charge is -1.96. The highest BCUT2D eigenvalue weighted by Crippen LogP contribution is 2.52. The van der Waals surface area contributed by atoms with Crippen LogP contribution in [0.5, 0.6) is 0 Å². The fraction of sp³-hybridized carbons (Fsp3) is 0.556. The van der Waals surface area contributed by atoms with E-state index in [0.717, 1.165) is 11.8 Å². The van der Waals surface area contributed by atoms with Crippen molar-refractivity contribution in [2.45, 2.75) is 12.8 Å². The summed E-state index contributed by atoms with van der Waals surface area (Å²) < 4.78 is 0. The Labute approximate surface area is 56.3 Å². The van der Waals surface area contributed by atoms with Gasteiger partial charge in [0.2, 0.25) is 0 Å². The van der Waals surface area contributed by atoms with Gasteiger partial charge >= 0.3 is 0 Å². The third-order valence-electron chi connectivity index (χ3n) is 2.49. The standard InChI is InChI=1S/C9H11/c1-2-7-8-5-3-4-6-9(7)8/h3,5,7-9H,1,4,6H2. The summed E-state index contributed by atoms with van der Waals surface area (Å²) in [6, 6.07) is 0. The van der Waals surface area contributed by atoms with Crippen LogP contribution in [0.3, 0.4) is 0 Å². The number of fused-ring (bicyclic) bond motifs is 1. The van der Waals surface area contributed by atoms with Crippen LogP contribution in [0.25, 0.3) is 0 Å². The highest BCUT2D eigenvalue weighted by atomic mass is 14.5. The second-order valence-electron chi connectivity index (χ2n) is 2.98. The monoisotopic (exact) mass is 119 g/mol. The summed E-state index contributed by atoms with van der Waals surface area (Å²) in [4.78, 5) is 0. The Morgan fingerprint density at radius 3 is 3.00 bits per heavy atom. The van der Waals surface area contributed by atoms with Gasteiger partial charge in [-0.25, -0.2) is 0 Å². The average molecular weight is 119 g/mol. The molecule has 1 fully saturated rings. The van der Waals surface area contributed by atoms with E-state index in [2.05, 4.69) is 24.8 Å². The zero-order chi connectivity index (χ0) is 6.27. The predicted molar refractivity (Wildman–Crippen MR) is 37.7 cm³/mol. The Morgan fingerprint density at radius 1 is 1.56 bits per heavy atom. The van der Waals surface area contributed by atoms with E-state index in [-0.39, 0.29) is 0 Å². The Hall–Kier alpha value is -0.520. The molecule has 0 aromatic rings. The van der Waals surface area contributed by atoms with Crippen LogP contribution in [-0.4, -0.2) is 0 Å².